The second-order valence-electron chi connectivity index (χ2n) is 9.58. The lowest BCUT2D eigenvalue weighted by molar-refractivity contribution is -0.144. The quantitative estimate of drug-likeness (QED) is 0.323. The Kier molecular flexibility index (Phi) is 9.06. The lowest BCUT2D eigenvalue weighted by atomic mass is 9.94. The van der Waals surface area contributed by atoms with E-state index in [-0.39, 0.29) is 37.4 Å². The smallest absolute Gasteiger partial charge is 0.393 e. The summed E-state index contributed by atoms with van der Waals surface area (Å²) in [6.07, 6.45) is -2.89. The molecular weight excluding hydrogens is 511 g/mol. The first-order valence-corrected chi connectivity index (χ1v) is 12.7. The molecule has 0 spiro atoms. The van der Waals surface area contributed by atoms with Crippen LogP contribution in [0.1, 0.15) is 35.1 Å². The molecule has 2 N–H and O–H groups in total. The molecule has 0 fully saturated rings. The monoisotopic (exact) mass is 541 g/mol. The summed E-state index contributed by atoms with van der Waals surface area (Å²) in [4.78, 5) is 30.6. The van der Waals surface area contributed by atoms with Crippen LogP contribution < -0.4 is 10.1 Å². The number of hydrogen-bond donors (Lipinski definition) is 2. The molecular formula is C29H30F3N3O4. The number of hydrogen-bond acceptors (Lipinski definition) is 5. The van der Waals surface area contributed by atoms with Gasteiger partial charge in [-0.15, -0.1) is 0 Å². The van der Waals surface area contributed by atoms with Gasteiger partial charge in [0, 0.05) is 25.8 Å². The number of pyridine rings is 1. The fraction of sp³-hybridized carbons (Fsp3) is 0.345. The minimum absolute atomic E-state index is 0.138. The van der Waals surface area contributed by atoms with Crippen molar-refractivity contribution in [3.05, 3.63) is 89.1 Å². The molecule has 39 heavy (non-hydrogen) atoms. The highest BCUT2D eigenvalue weighted by atomic mass is 19.4. The van der Waals surface area contributed by atoms with Gasteiger partial charge in [-0.2, -0.15) is 13.2 Å². The number of halogens is 3. The normalized spacial score (nSPS) is 15.4. The molecule has 0 saturated heterocycles. The maximum atomic E-state index is 13.3. The van der Waals surface area contributed by atoms with Gasteiger partial charge in [0.1, 0.15) is 11.6 Å². The predicted molar refractivity (Wildman–Crippen MR) is 139 cm³/mol. The van der Waals surface area contributed by atoms with Gasteiger partial charge in [0.05, 0.1) is 25.4 Å². The van der Waals surface area contributed by atoms with E-state index < -0.39 is 24.5 Å². The first-order valence-electron chi connectivity index (χ1n) is 12.7. The van der Waals surface area contributed by atoms with Crippen LogP contribution in [0.5, 0.6) is 5.75 Å². The van der Waals surface area contributed by atoms with Gasteiger partial charge >= 0.3 is 12.1 Å². The van der Waals surface area contributed by atoms with Crippen molar-refractivity contribution in [2.75, 3.05) is 18.5 Å². The number of carbonyl (C=O) groups is 2. The summed E-state index contributed by atoms with van der Waals surface area (Å²) in [6, 6.07) is 17.2. The lowest BCUT2D eigenvalue weighted by Gasteiger charge is -2.24. The standard InChI is InChI=1S/C29H30F3N3O4/c30-29(31,32)17-20-5-7-21(8-6-20)18-35-19-24-15-25(39-13-3-12-34-26-4-1-2-11-33-26)10-9-22(24)14-23(28(35)38)16-27(36)37/h1-2,4-11,15,23H,3,12-14,16-19H2,(H,33,34)(H,36,37)/t23-/m0/s1. The van der Waals surface area contributed by atoms with E-state index in [1.807, 2.05) is 36.4 Å². The van der Waals surface area contributed by atoms with Crippen LogP contribution in [0.2, 0.25) is 0 Å². The molecule has 1 aliphatic rings. The van der Waals surface area contributed by atoms with E-state index in [1.165, 1.54) is 12.1 Å². The lowest BCUT2D eigenvalue weighted by Crippen LogP contribution is -2.35. The molecule has 3 aromatic rings. The molecule has 0 radical (unpaired) electrons. The number of anilines is 1. The third-order valence-corrected chi connectivity index (χ3v) is 6.45. The van der Waals surface area contributed by atoms with Crippen LogP contribution in [0.4, 0.5) is 19.0 Å². The first kappa shape index (κ1) is 27.9. The third-order valence-electron chi connectivity index (χ3n) is 6.45. The third kappa shape index (κ3) is 8.46. The summed E-state index contributed by atoms with van der Waals surface area (Å²) in [5.41, 5.74) is 2.54. The van der Waals surface area contributed by atoms with Crippen molar-refractivity contribution >= 4 is 17.7 Å². The van der Waals surface area contributed by atoms with Gasteiger partial charge in [0.2, 0.25) is 5.91 Å². The number of carboxylic acid groups (broad SMARTS) is 1. The minimum Gasteiger partial charge on any atom is -0.494 e. The number of ether oxygens (including phenoxy) is 1. The minimum atomic E-state index is -4.30. The Bertz CT molecular complexity index is 1270. The number of amides is 1. The average molecular weight is 542 g/mol. The van der Waals surface area contributed by atoms with E-state index in [4.69, 9.17) is 4.74 Å². The summed E-state index contributed by atoms with van der Waals surface area (Å²) in [5, 5.41) is 12.6. The van der Waals surface area contributed by atoms with Crippen LogP contribution in [0, 0.1) is 5.92 Å². The molecule has 0 saturated carbocycles. The van der Waals surface area contributed by atoms with Gasteiger partial charge in [-0.1, -0.05) is 36.4 Å². The first-order chi connectivity index (χ1) is 18.7. The van der Waals surface area contributed by atoms with Gasteiger partial charge in [0.15, 0.2) is 0 Å². The van der Waals surface area contributed by atoms with Crippen molar-refractivity contribution in [3.63, 3.8) is 0 Å². The number of carbonyl (C=O) groups excluding carboxylic acids is 1. The van der Waals surface area contributed by atoms with Crippen molar-refractivity contribution in [1.29, 1.82) is 0 Å². The number of alkyl halides is 3. The number of nitrogens with zero attached hydrogens (tertiary/aromatic N) is 2. The van der Waals surface area contributed by atoms with Gasteiger partial charge in [-0.3, -0.25) is 9.59 Å². The number of carboxylic acids is 1. The van der Waals surface area contributed by atoms with Crippen LogP contribution in [0.3, 0.4) is 0 Å². The predicted octanol–water partition coefficient (Wildman–Crippen LogP) is 5.24. The molecule has 10 heteroatoms. The molecule has 7 nitrogen and oxygen atoms in total. The van der Waals surface area contributed by atoms with Crippen molar-refractivity contribution in [3.8, 4) is 5.75 Å². The van der Waals surface area contributed by atoms with Gasteiger partial charge < -0.3 is 20.1 Å². The van der Waals surface area contributed by atoms with Crippen molar-refractivity contribution < 1.29 is 32.6 Å². The fourth-order valence-electron chi connectivity index (χ4n) is 4.60. The zero-order valence-corrected chi connectivity index (χ0v) is 21.3. The van der Waals surface area contributed by atoms with Crippen molar-refractivity contribution in [2.24, 2.45) is 5.92 Å². The largest absolute Gasteiger partial charge is 0.494 e. The molecule has 2 heterocycles. The van der Waals surface area contributed by atoms with E-state index in [9.17, 15) is 27.9 Å². The van der Waals surface area contributed by atoms with E-state index in [0.717, 1.165) is 23.4 Å². The Morgan fingerprint density at radius 3 is 2.54 bits per heavy atom. The van der Waals surface area contributed by atoms with Crippen molar-refractivity contribution in [1.82, 2.24) is 9.88 Å². The van der Waals surface area contributed by atoms with E-state index >= 15 is 0 Å². The molecule has 0 unspecified atom stereocenters. The summed E-state index contributed by atoms with van der Waals surface area (Å²) in [7, 11) is 0. The Balaban J connectivity index is 1.43. The highest BCUT2D eigenvalue weighted by molar-refractivity contribution is 5.84. The summed E-state index contributed by atoms with van der Waals surface area (Å²) in [5.74, 6) is -0.661. The molecule has 206 valence electrons. The highest BCUT2D eigenvalue weighted by Gasteiger charge is 2.32. The molecule has 1 amide bonds. The number of benzene rings is 2. The van der Waals surface area contributed by atoms with Gasteiger partial charge in [-0.05, 0) is 59.4 Å². The number of rotatable bonds is 11. The number of aromatic nitrogens is 1. The summed E-state index contributed by atoms with van der Waals surface area (Å²) < 4.78 is 44.0. The molecule has 4 rings (SSSR count). The molecule has 1 aromatic heterocycles. The Labute approximate surface area is 224 Å². The van der Waals surface area contributed by atoms with E-state index in [2.05, 4.69) is 10.3 Å². The Hall–Kier alpha value is -4.08. The summed E-state index contributed by atoms with van der Waals surface area (Å²) in [6.45, 7) is 1.55. The zero-order valence-electron chi connectivity index (χ0n) is 21.3. The van der Waals surface area contributed by atoms with E-state index in [1.54, 1.807) is 23.2 Å². The number of aliphatic carboxylic acids is 1. The fourth-order valence-corrected chi connectivity index (χ4v) is 4.60. The molecule has 2 aromatic carbocycles. The van der Waals surface area contributed by atoms with Gasteiger partial charge in [-0.25, -0.2) is 4.98 Å². The maximum absolute atomic E-state index is 13.3. The number of fused-ring (bicyclic) bond motifs is 1. The van der Waals surface area contributed by atoms with Crippen molar-refractivity contribution in [2.45, 2.75) is 44.9 Å². The van der Waals surface area contributed by atoms with Gasteiger partial charge in [0.25, 0.3) is 0 Å². The highest BCUT2D eigenvalue weighted by Crippen LogP contribution is 2.29. The SMILES string of the molecule is O=C(O)C[C@@H]1Cc2ccc(OCCCNc3ccccn3)cc2CN(Cc2ccc(CC(F)(F)F)cc2)C1=O. The molecule has 1 aliphatic heterocycles. The molecule has 0 bridgehead atoms. The van der Waals surface area contributed by atoms with Crippen LogP contribution >= 0.6 is 0 Å². The maximum Gasteiger partial charge on any atom is 0.393 e. The Morgan fingerprint density at radius 2 is 1.85 bits per heavy atom. The number of nitrogens with one attached hydrogen (secondary N) is 1. The second kappa shape index (κ2) is 12.6. The van der Waals surface area contributed by atoms with E-state index in [0.29, 0.717) is 24.5 Å². The van der Waals surface area contributed by atoms with Crippen LogP contribution in [-0.4, -0.2) is 46.2 Å². The second-order valence-corrected chi connectivity index (χ2v) is 9.58. The van der Waals surface area contributed by atoms with Crippen LogP contribution in [0.25, 0.3) is 0 Å². The van der Waals surface area contributed by atoms with Crippen LogP contribution in [0.15, 0.2) is 66.9 Å². The zero-order chi connectivity index (χ0) is 27.8. The molecule has 0 aliphatic carbocycles. The summed E-state index contributed by atoms with van der Waals surface area (Å²) >= 11 is 0. The average Bonchev–Trinajstić information content (AvgIpc) is 3.00. The topological polar surface area (TPSA) is 91.8 Å². The molecule has 1 atom stereocenters. The Morgan fingerprint density at radius 1 is 1.08 bits per heavy atom. The van der Waals surface area contributed by atoms with Crippen LogP contribution in [-0.2, 0) is 35.5 Å².